The predicted octanol–water partition coefficient (Wildman–Crippen LogP) is 3.96. The van der Waals surface area contributed by atoms with Gasteiger partial charge in [-0.05, 0) is 31.2 Å². The van der Waals surface area contributed by atoms with E-state index >= 15 is 0 Å². The van der Waals surface area contributed by atoms with Gasteiger partial charge in [-0.3, -0.25) is 4.98 Å². The van der Waals surface area contributed by atoms with E-state index < -0.39 is 0 Å². The molecule has 6 nitrogen and oxygen atoms in total. The van der Waals surface area contributed by atoms with E-state index in [1.165, 1.54) is 4.57 Å². The van der Waals surface area contributed by atoms with Crippen molar-refractivity contribution in [1.29, 1.82) is 0 Å². The van der Waals surface area contributed by atoms with Crippen LogP contribution in [0.25, 0.3) is 38.8 Å². The standard InChI is InChI=1S/C21H16N4O2/c1-11-5-2-10-15(23-11)13-8-4-9-14-17(22)16-19(24-18(13)14)21(27)25(20(16)26)12-6-3-7-12/h2-10,26-27H,22H2,1H3. The fourth-order valence-electron chi connectivity index (χ4n) is 3.49. The Hall–Kier alpha value is -3.80. The second-order valence-corrected chi connectivity index (χ2v) is 6.55. The van der Waals surface area contributed by atoms with Crippen molar-refractivity contribution in [3.8, 4) is 23.0 Å². The van der Waals surface area contributed by atoms with Crippen LogP contribution in [0.15, 0.2) is 54.6 Å². The highest BCUT2D eigenvalue weighted by Gasteiger charge is 2.24. The lowest BCUT2D eigenvalue weighted by Crippen LogP contribution is -1.96. The summed E-state index contributed by atoms with van der Waals surface area (Å²) in [5.41, 5.74) is 10.8. The molecule has 4 aromatic rings. The molecule has 5 rings (SSSR count). The Balaban J connectivity index is 1.89. The monoisotopic (exact) mass is 356 g/mol. The van der Waals surface area contributed by atoms with Crippen molar-refractivity contribution in [1.82, 2.24) is 14.5 Å². The molecule has 27 heavy (non-hydrogen) atoms. The summed E-state index contributed by atoms with van der Waals surface area (Å²) >= 11 is 0. The normalized spacial score (nSPS) is 13.1. The number of para-hydroxylation sites is 1. The van der Waals surface area contributed by atoms with E-state index in [9.17, 15) is 10.2 Å². The lowest BCUT2D eigenvalue weighted by molar-refractivity contribution is 0.409. The zero-order valence-electron chi connectivity index (χ0n) is 14.5. The Bertz CT molecular complexity index is 1320. The molecule has 0 aliphatic heterocycles. The predicted molar refractivity (Wildman–Crippen MR) is 106 cm³/mol. The highest BCUT2D eigenvalue weighted by atomic mass is 16.3. The Labute approximate surface area is 154 Å². The van der Waals surface area contributed by atoms with Crippen molar-refractivity contribution < 1.29 is 10.2 Å². The van der Waals surface area contributed by atoms with E-state index in [2.05, 4.69) is 9.97 Å². The van der Waals surface area contributed by atoms with Gasteiger partial charge in [0.25, 0.3) is 0 Å². The molecule has 0 unspecified atom stereocenters. The van der Waals surface area contributed by atoms with Gasteiger partial charge in [0.2, 0.25) is 11.8 Å². The van der Waals surface area contributed by atoms with Crippen molar-refractivity contribution in [3.63, 3.8) is 0 Å². The summed E-state index contributed by atoms with van der Waals surface area (Å²) < 4.78 is 1.34. The number of aryl methyl sites for hydroxylation is 1. The van der Waals surface area contributed by atoms with Gasteiger partial charge < -0.3 is 15.9 Å². The fourth-order valence-corrected chi connectivity index (χ4v) is 3.49. The molecule has 1 aromatic carbocycles. The number of hydrogen-bond donors (Lipinski definition) is 3. The maximum atomic E-state index is 10.7. The topological polar surface area (TPSA) is 97.2 Å². The second-order valence-electron chi connectivity index (χ2n) is 6.55. The lowest BCUT2D eigenvalue weighted by Gasteiger charge is -2.10. The minimum Gasteiger partial charge on any atom is -0.494 e. The first-order valence-electron chi connectivity index (χ1n) is 8.53. The molecule has 0 radical (unpaired) electrons. The molecule has 132 valence electrons. The first-order valence-corrected chi connectivity index (χ1v) is 8.53. The molecular weight excluding hydrogens is 340 g/mol. The summed E-state index contributed by atoms with van der Waals surface area (Å²) in [5, 5.41) is 22.4. The molecule has 0 saturated heterocycles. The number of nitrogens with two attached hydrogens (primary N) is 1. The highest BCUT2D eigenvalue weighted by Crippen LogP contribution is 2.45. The minimum atomic E-state index is -0.140. The Morgan fingerprint density at radius 1 is 0.963 bits per heavy atom. The Morgan fingerprint density at radius 3 is 2.44 bits per heavy atom. The Morgan fingerprint density at radius 2 is 1.74 bits per heavy atom. The molecule has 0 bridgehead atoms. The van der Waals surface area contributed by atoms with Crippen LogP contribution < -0.4 is 5.73 Å². The van der Waals surface area contributed by atoms with Crippen molar-refractivity contribution >= 4 is 33.2 Å². The Kier molecular flexibility index (Phi) is 3.06. The van der Waals surface area contributed by atoms with Gasteiger partial charge >= 0.3 is 0 Å². The number of fused-ring (bicyclic) bond motifs is 2. The van der Waals surface area contributed by atoms with Crippen molar-refractivity contribution in [3.05, 3.63) is 60.3 Å². The first-order chi connectivity index (χ1) is 13.1. The number of benzene rings is 1. The smallest absolute Gasteiger partial charge is 0.226 e. The average Bonchev–Trinajstić information content (AvgIpc) is 2.85. The molecule has 0 saturated carbocycles. The van der Waals surface area contributed by atoms with Crippen LogP contribution in [-0.2, 0) is 0 Å². The van der Waals surface area contributed by atoms with Gasteiger partial charge in [-0.15, -0.1) is 0 Å². The number of anilines is 1. The molecule has 6 heteroatoms. The van der Waals surface area contributed by atoms with Gasteiger partial charge in [0.05, 0.1) is 28.0 Å². The maximum absolute atomic E-state index is 10.7. The third-order valence-electron chi connectivity index (χ3n) is 4.87. The summed E-state index contributed by atoms with van der Waals surface area (Å²) in [6.07, 6.45) is 5.40. The quantitative estimate of drug-likeness (QED) is 0.505. The van der Waals surface area contributed by atoms with Gasteiger partial charge in [-0.2, -0.15) is 0 Å². The van der Waals surface area contributed by atoms with Crippen LogP contribution in [0.5, 0.6) is 11.8 Å². The molecular formula is C21H16N4O2. The zero-order valence-corrected chi connectivity index (χ0v) is 14.5. The van der Waals surface area contributed by atoms with Crippen molar-refractivity contribution in [2.45, 2.75) is 6.92 Å². The van der Waals surface area contributed by atoms with Gasteiger partial charge in [-0.1, -0.05) is 30.3 Å². The molecule has 0 fully saturated rings. The number of aromatic nitrogens is 3. The van der Waals surface area contributed by atoms with E-state index in [1.807, 2.05) is 49.4 Å². The van der Waals surface area contributed by atoms with Crippen molar-refractivity contribution in [2.24, 2.45) is 0 Å². The molecule has 1 aliphatic rings. The average molecular weight is 356 g/mol. The molecule has 3 heterocycles. The summed E-state index contributed by atoms with van der Waals surface area (Å²) in [6.45, 7) is 1.93. The van der Waals surface area contributed by atoms with Gasteiger partial charge in [0.1, 0.15) is 5.52 Å². The fraction of sp³-hybridized carbons (Fsp3) is 0.0476. The number of hydrogen-bond acceptors (Lipinski definition) is 5. The molecule has 0 amide bonds. The molecule has 1 aliphatic carbocycles. The highest BCUT2D eigenvalue weighted by molar-refractivity contribution is 6.14. The lowest BCUT2D eigenvalue weighted by atomic mass is 10.0. The number of aromatic hydroxyl groups is 2. The van der Waals surface area contributed by atoms with E-state index in [0.717, 1.165) is 17.0 Å². The van der Waals surface area contributed by atoms with Crippen LogP contribution in [0.4, 0.5) is 5.69 Å². The maximum Gasteiger partial charge on any atom is 0.226 e. The van der Waals surface area contributed by atoms with Crippen LogP contribution in [0.3, 0.4) is 0 Å². The van der Waals surface area contributed by atoms with Crippen molar-refractivity contribution in [2.75, 3.05) is 5.73 Å². The summed E-state index contributed by atoms with van der Waals surface area (Å²) in [4.78, 5) is 9.25. The number of nitrogen functional groups attached to an aromatic ring is 1. The second kappa shape index (κ2) is 5.35. The first kappa shape index (κ1) is 15.5. The summed E-state index contributed by atoms with van der Waals surface area (Å²) in [6, 6.07) is 11.4. The number of pyridine rings is 2. The zero-order chi connectivity index (χ0) is 18.7. The van der Waals surface area contributed by atoms with E-state index in [-0.39, 0.29) is 17.3 Å². The van der Waals surface area contributed by atoms with E-state index in [0.29, 0.717) is 27.7 Å². The van der Waals surface area contributed by atoms with Gasteiger partial charge in [0.15, 0.2) is 0 Å². The summed E-state index contributed by atoms with van der Waals surface area (Å²) in [7, 11) is 0. The number of nitrogens with zero attached hydrogens (tertiary/aromatic N) is 3. The molecule has 4 N–H and O–H groups in total. The SMILES string of the molecule is Cc1cccc(-c2cccc3c(N)c4c(O)n(C5=CC=C5)c(O)c4nc23)n1. The largest absolute Gasteiger partial charge is 0.494 e. The van der Waals surface area contributed by atoms with Gasteiger partial charge in [0, 0.05) is 16.6 Å². The minimum absolute atomic E-state index is 0.121. The number of rotatable bonds is 2. The van der Waals surface area contributed by atoms with E-state index in [4.69, 9.17) is 5.73 Å². The molecule has 0 spiro atoms. The van der Waals surface area contributed by atoms with Crippen LogP contribution in [0, 0.1) is 6.92 Å². The third kappa shape index (κ3) is 2.07. The van der Waals surface area contributed by atoms with Crippen LogP contribution >= 0.6 is 0 Å². The van der Waals surface area contributed by atoms with Gasteiger partial charge in [-0.25, -0.2) is 9.55 Å². The van der Waals surface area contributed by atoms with Crippen LogP contribution in [0.2, 0.25) is 0 Å². The van der Waals surface area contributed by atoms with Crippen LogP contribution in [0.1, 0.15) is 5.69 Å². The van der Waals surface area contributed by atoms with Crippen LogP contribution in [-0.4, -0.2) is 24.7 Å². The van der Waals surface area contributed by atoms with E-state index in [1.54, 1.807) is 12.2 Å². The summed E-state index contributed by atoms with van der Waals surface area (Å²) in [5.74, 6) is -0.261. The molecule has 0 atom stereocenters. The molecule has 3 aromatic heterocycles. The number of allylic oxidation sites excluding steroid dienone is 4. The third-order valence-corrected chi connectivity index (χ3v) is 4.87.